The zero-order chi connectivity index (χ0) is 13.2. The second-order valence-electron chi connectivity index (χ2n) is 4.87. The van der Waals surface area contributed by atoms with Crippen LogP contribution in [0.25, 0.3) is 0 Å². The standard InChI is InChI=1S/C15H16BrNO2/c16-12-3-6-15(11(8-12)10-18)17(13-4-5-13)9-14-2-1-7-19-14/h1-3,6-8,13,18H,4-5,9-10H2. The van der Waals surface area contributed by atoms with Crippen LogP contribution in [0.3, 0.4) is 0 Å². The fourth-order valence-corrected chi connectivity index (χ4v) is 2.74. The molecule has 1 aromatic carbocycles. The summed E-state index contributed by atoms with van der Waals surface area (Å²) in [4.78, 5) is 2.33. The third-order valence-corrected chi connectivity index (χ3v) is 3.91. The van der Waals surface area contributed by atoms with Gasteiger partial charge in [-0.1, -0.05) is 15.9 Å². The van der Waals surface area contributed by atoms with Gasteiger partial charge in [0.05, 0.1) is 19.4 Å². The minimum Gasteiger partial charge on any atom is -0.467 e. The van der Waals surface area contributed by atoms with Crippen molar-refractivity contribution in [3.05, 3.63) is 52.4 Å². The maximum Gasteiger partial charge on any atom is 0.123 e. The lowest BCUT2D eigenvalue weighted by Crippen LogP contribution is -2.26. The Morgan fingerprint density at radius 2 is 2.16 bits per heavy atom. The van der Waals surface area contributed by atoms with Crippen LogP contribution < -0.4 is 4.90 Å². The quantitative estimate of drug-likeness (QED) is 0.912. The Morgan fingerprint density at radius 1 is 1.32 bits per heavy atom. The van der Waals surface area contributed by atoms with Crippen molar-refractivity contribution in [1.29, 1.82) is 0 Å². The smallest absolute Gasteiger partial charge is 0.123 e. The van der Waals surface area contributed by atoms with E-state index in [1.54, 1.807) is 6.26 Å². The van der Waals surface area contributed by atoms with E-state index in [9.17, 15) is 5.11 Å². The molecule has 1 N–H and O–H groups in total. The summed E-state index contributed by atoms with van der Waals surface area (Å²) < 4.78 is 6.44. The maximum atomic E-state index is 9.55. The summed E-state index contributed by atoms with van der Waals surface area (Å²) in [5.74, 6) is 0.957. The van der Waals surface area contributed by atoms with Crippen LogP contribution in [0.5, 0.6) is 0 Å². The molecule has 0 saturated heterocycles. The molecule has 4 heteroatoms. The molecule has 1 heterocycles. The lowest BCUT2D eigenvalue weighted by Gasteiger charge is -2.26. The predicted octanol–water partition coefficient (Wildman–Crippen LogP) is 3.70. The van der Waals surface area contributed by atoms with Crippen LogP contribution >= 0.6 is 15.9 Å². The average molecular weight is 322 g/mol. The lowest BCUT2D eigenvalue weighted by molar-refractivity contribution is 0.282. The maximum absolute atomic E-state index is 9.55. The summed E-state index contributed by atoms with van der Waals surface area (Å²) in [6.07, 6.45) is 4.12. The lowest BCUT2D eigenvalue weighted by atomic mass is 10.1. The van der Waals surface area contributed by atoms with Gasteiger partial charge in [-0.3, -0.25) is 0 Å². The van der Waals surface area contributed by atoms with Crippen molar-refractivity contribution in [3.8, 4) is 0 Å². The average Bonchev–Trinajstić information content (AvgIpc) is 3.13. The Kier molecular flexibility index (Phi) is 3.62. The van der Waals surface area contributed by atoms with Gasteiger partial charge in [-0.15, -0.1) is 0 Å². The molecule has 0 bridgehead atoms. The van der Waals surface area contributed by atoms with E-state index in [0.29, 0.717) is 6.04 Å². The summed E-state index contributed by atoms with van der Waals surface area (Å²) in [6, 6.07) is 10.5. The van der Waals surface area contributed by atoms with Gasteiger partial charge in [-0.05, 0) is 43.2 Å². The molecule has 0 aliphatic heterocycles. The fraction of sp³-hybridized carbons (Fsp3) is 0.333. The minimum absolute atomic E-state index is 0.0517. The predicted molar refractivity (Wildman–Crippen MR) is 78.0 cm³/mol. The highest BCUT2D eigenvalue weighted by Crippen LogP contribution is 2.36. The van der Waals surface area contributed by atoms with Gasteiger partial charge in [0.25, 0.3) is 0 Å². The Hall–Kier alpha value is -1.26. The number of furan rings is 1. The molecule has 1 aliphatic carbocycles. The molecule has 0 unspecified atom stereocenters. The molecule has 1 fully saturated rings. The Bertz CT molecular complexity index is 549. The molecule has 19 heavy (non-hydrogen) atoms. The van der Waals surface area contributed by atoms with Crippen molar-refractivity contribution in [2.24, 2.45) is 0 Å². The van der Waals surface area contributed by atoms with E-state index in [1.165, 1.54) is 12.8 Å². The first kappa shape index (κ1) is 12.8. The monoisotopic (exact) mass is 321 g/mol. The van der Waals surface area contributed by atoms with E-state index in [0.717, 1.165) is 28.0 Å². The number of anilines is 1. The normalized spacial score (nSPS) is 14.6. The molecule has 1 aliphatic rings. The SMILES string of the molecule is OCc1cc(Br)ccc1N(Cc1ccco1)C1CC1. The van der Waals surface area contributed by atoms with Crippen molar-refractivity contribution in [3.63, 3.8) is 0 Å². The molecular formula is C15H16BrNO2. The van der Waals surface area contributed by atoms with Crippen molar-refractivity contribution in [1.82, 2.24) is 0 Å². The van der Waals surface area contributed by atoms with Crippen LogP contribution in [0, 0.1) is 0 Å². The molecule has 0 radical (unpaired) electrons. The summed E-state index contributed by atoms with van der Waals surface area (Å²) in [6.45, 7) is 0.808. The number of hydrogen-bond acceptors (Lipinski definition) is 3. The number of halogens is 1. The van der Waals surface area contributed by atoms with Gasteiger partial charge >= 0.3 is 0 Å². The largest absolute Gasteiger partial charge is 0.467 e. The van der Waals surface area contributed by atoms with Crippen LogP contribution in [0.4, 0.5) is 5.69 Å². The molecule has 2 aromatic rings. The summed E-state index contributed by atoms with van der Waals surface area (Å²) >= 11 is 3.45. The molecule has 0 amide bonds. The van der Waals surface area contributed by atoms with Gasteiger partial charge in [-0.2, -0.15) is 0 Å². The van der Waals surface area contributed by atoms with Crippen molar-refractivity contribution in [2.75, 3.05) is 4.90 Å². The number of benzene rings is 1. The topological polar surface area (TPSA) is 36.6 Å². The van der Waals surface area contributed by atoms with Gasteiger partial charge < -0.3 is 14.4 Å². The number of rotatable bonds is 5. The highest BCUT2D eigenvalue weighted by molar-refractivity contribution is 9.10. The zero-order valence-corrected chi connectivity index (χ0v) is 12.1. The second kappa shape index (κ2) is 5.39. The van der Waals surface area contributed by atoms with Crippen LogP contribution in [-0.4, -0.2) is 11.1 Å². The fourth-order valence-electron chi connectivity index (χ4n) is 2.33. The molecule has 0 spiro atoms. The first-order valence-electron chi connectivity index (χ1n) is 6.46. The third kappa shape index (κ3) is 2.85. The van der Waals surface area contributed by atoms with Gasteiger partial charge in [-0.25, -0.2) is 0 Å². The van der Waals surface area contributed by atoms with E-state index in [2.05, 4.69) is 26.9 Å². The minimum atomic E-state index is 0.0517. The Labute approximate surface area is 121 Å². The van der Waals surface area contributed by atoms with Crippen LogP contribution in [0.1, 0.15) is 24.2 Å². The highest BCUT2D eigenvalue weighted by Gasteiger charge is 2.30. The van der Waals surface area contributed by atoms with E-state index in [1.807, 2.05) is 24.3 Å². The number of aliphatic hydroxyl groups is 1. The summed E-state index contributed by atoms with van der Waals surface area (Å²) in [7, 11) is 0. The van der Waals surface area contributed by atoms with Crippen molar-refractivity contribution < 1.29 is 9.52 Å². The van der Waals surface area contributed by atoms with E-state index < -0.39 is 0 Å². The third-order valence-electron chi connectivity index (χ3n) is 3.42. The number of aliphatic hydroxyl groups excluding tert-OH is 1. The highest BCUT2D eigenvalue weighted by atomic mass is 79.9. The van der Waals surface area contributed by atoms with E-state index in [4.69, 9.17) is 4.42 Å². The molecule has 3 rings (SSSR count). The summed E-state index contributed by atoms with van der Waals surface area (Å²) in [5.41, 5.74) is 2.05. The molecular weight excluding hydrogens is 306 g/mol. The molecule has 0 atom stereocenters. The second-order valence-corrected chi connectivity index (χ2v) is 5.79. The first-order chi connectivity index (χ1) is 9.28. The van der Waals surface area contributed by atoms with Gasteiger partial charge in [0.2, 0.25) is 0 Å². The molecule has 3 nitrogen and oxygen atoms in total. The molecule has 1 aromatic heterocycles. The van der Waals surface area contributed by atoms with Crippen LogP contribution in [-0.2, 0) is 13.2 Å². The van der Waals surface area contributed by atoms with Gasteiger partial charge in [0.15, 0.2) is 0 Å². The summed E-state index contributed by atoms with van der Waals surface area (Å²) in [5, 5.41) is 9.55. The molecule has 100 valence electrons. The van der Waals surface area contributed by atoms with Crippen LogP contribution in [0.15, 0.2) is 45.5 Å². The molecule has 1 saturated carbocycles. The zero-order valence-electron chi connectivity index (χ0n) is 10.6. The Balaban J connectivity index is 1.91. The van der Waals surface area contributed by atoms with Crippen LogP contribution in [0.2, 0.25) is 0 Å². The first-order valence-corrected chi connectivity index (χ1v) is 7.25. The van der Waals surface area contributed by atoms with Crippen molar-refractivity contribution in [2.45, 2.75) is 32.0 Å². The van der Waals surface area contributed by atoms with E-state index >= 15 is 0 Å². The van der Waals surface area contributed by atoms with E-state index in [-0.39, 0.29) is 6.61 Å². The number of nitrogens with zero attached hydrogens (tertiary/aromatic N) is 1. The number of hydrogen-bond donors (Lipinski definition) is 1. The van der Waals surface area contributed by atoms with Gasteiger partial charge in [0.1, 0.15) is 5.76 Å². The van der Waals surface area contributed by atoms with Crippen molar-refractivity contribution >= 4 is 21.6 Å². The van der Waals surface area contributed by atoms with Gasteiger partial charge in [0, 0.05) is 21.8 Å². The Morgan fingerprint density at radius 3 is 2.79 bits per heavy atom.